The smallest absolute Gasteiger partial charge is 0.126 e. The Bertz CT molecular complexity index is 294. The largest absolute Gasteiger partial charge is 0.319 e. The molecule has 0 saturated heterocycles. The highest BCUT2D eigenvalue weighted by atomic mass is 19.1. The van der Waals surface area contributed by atoms with Gasteiger partial charge < -0.3 is 5.32 Å². The Hall–Kier alpha value is -0.890. The number of nitrogens with one attached hydrogen (secondary N) is 1. The Labute approximate surface area is 85.3 Å². The third kappa shape index (κ3) is 2.81. The molecule has 0 amide bonds. The minimum Gasteiger partial charge on any atom is -0.319 e. The lowest BCUT2D eigenvalue weighted by atomic mass is 9.99. The Morgan fingerprint density at radius 1 is 1.36 bits per heavy atom. The van der Waals surface area contributed by atoms with E-state index < -0.39 is 0 Å². The summed E-state index contributed by atoms with van der Waals surface area (Å²) < 4.78 is 13.3. The minimum absolute atomic E-state index is 0.0896. The van der Waals surface area contributed by atoms with Gasteiger partial charge in [-0.2, -0.15) is 0 Å². The summed E-state index contributed by atoms with van der Waals surface area (Å²) in [6.07, 6.45) is 0.955. The zero-order valence-electron chi connectivity index (χ0n) is 9.10. The number of likely N-dealkylation sites (N-methyl/N-ethyl adjacent to an activating group) is 1. The van der Waals surface area contributed by atoms with Crippen LogP contribution in [0.1, 0.15) is 30.9 Å². The van der Waals surface area contributed by atoms with Gasteiger partial charge in [0.15, 0.2) is 0 Å². The Morgan fingerprint density at radius 2 is 2.07 bits per heavy atom. The van der Waals surface area contributed by atoms with Crippen molar-refractivity contribution in [3.63, 3.8) is 0 Å². The Morgan fingerprint density at radius 3 is 2.64 bits per heavy atom. The van der Waals surface area contributed by atoms with Crippen molar-refractivity contribution in [2.24, 2.45) is 0 Å². The first-order valence-electron chi connectivity index (χ1n) is 5.08. The first-order chi connectivity index (χ1) is 6.65. The molecule has 0 bridgehead atoms. The van der Waals surface area contributed by atoms with E-state index in [2.05, 4.69) is 5.32 Å². The predicted octanol–water partition coefficient (Wildman–Crippen LogP) is 2.71. The standard InChI is InChI=1S/C12H18FN/c1-9(2)11-8-10(6-7-14-3)4-5-12(11)13/h4-5,8-9,14H,6-7H2,1-3H3. The minimum atomic E-state index is -0.0896. The zero-order valence-corrected chi connectivity index (χ0v) is 9.10. The molecule has 1 N–H and O–H groups in total. The summed E-state index contributed by atoms with van der Waals surface area (Å²) in [5.74, 6) is 0.165. The maximum Gasteiger partial charge on any atom is 0.126 e. The summed E-state index contributed by atoms with van der Waals surface area (Å²) in [6, 6.07) is 5.40. The summed E-state index contributed by atoms with van der Waals surface area (Å²) in [4.78, 5) is 0. The van der Waals surface area contributed by atoms with Crippen LogP contribution in [0.15, 0.2) is 18.2 Å². The molecule has 78 valence electrons. The lowest BCUT2D eigenvalue weighted by molar-refractivity contribution is 0.597. The quantitative estimate of drug-likeness (QED) is 0.779. The van der Waals surface area contributed by atoms with Crippen LogP contribution in [0.3, 0.4) is 0 Å². The van der Waals surface area contributed by atoms with Crippen molar-refractivity contribution in [1.29, 1.82) is 0 Å². The van der Waals surface area contributed by atoms with Gasteiger partial charge in [0, 0.05) is 0 Å². The molecule has 0 atom stereocenters. The van der Waals surface area contributed by atoms with E-state index in [0.29, 0.717) is 0 Å². The first-order valence-corrected chi connectivity index (χ1v) is 5.08. The third-order valence-electron chi connectivity index (χ3n) is 2.35. The molecule has 0 heterocycles. The van der Waals surface area contributed by atoms with Crippen molar-refractivity contribution in [2.75, 3.05) is 13.6 Å². The summed E-state index contributed by atoms with van der Waals surface area (Å²) in [5, 5.41) is 3.09. The first kappa shape index (κ1) is 11.2. The van der Waals surface area contributed by atoms with Crippen LogP contribution in [0.25, 0.3) is 0 Å². The van der Waals surface area contributed by atoms with Crippen LogP contribution < -0.4 is 5.32 Å². The van der Waals surface area contributed by atoms with Crippen LogP contribution in [0.5, 0.6) is 0 Å². The van der Waals surface area contributed by atoms with Crippen LogP contribution in [0.2, 0.25) is 0 Å². The van der Waals surface area contributed by atoms with E-state index in [1.165, 1.54) is 5.56 Å². The van der Waals surface area contributed by atoms with Gasteiger partial charge in [-0.15, -0.1) is 0 Å². The van der Waals surface area contributed by atoms with Crippen molar-refractivity contribution >= 4 is 0 Å². The van der Waals surface area contributed by atoms with Crippen LogP contribution in [0.4, 0.5) is 4.39 Å². The highest BCUT2D eigenvalue weighted by Gasteiger charge is 2.06. The normalized spacial score (nSPS) is 10.9. The van der Waals surface area contributed by atoms with Gasteiger partial charge in [0.2, 0.25) is 0 Å². The summed E-state index contributed by atoms with van der Waals surface area (Å²) >= 11 is 0. The SMILES string of the molecule is CNCCc1ccc(F)c(C(C)C)c1. The van der Waals surface area contributed by atoms with Gasteiger partial charge in [-0.1, -0.05) is 26.0 Å². The summed E-state index contributed by atoms with van der Waals surface area (Å²) in [7, 11) is 1.92. The van der Waals surface area contributed by atoms with Gasteiger partial charge in [0.25, 0.3) is 0 Å². The van der Waals surface area contributed by atoms with Gasteiger partial charge in [-0.3, -0.25) is 0 Å². The van der Waals surface area contributed by atoms with Crippen molar-refractivity contribution in [3.8, 4) is 0 Å². The predicted molar refractivity (Wildman–Crippen MR) is 58.1 cm³/mol. The molecule has 0 aliphatic carbocycles. The Balaban J connectivity index is 2.83. The van der Waals surface area contributed by atoms with Gasteiger partial charge in [-0.05, 0) is 43.1 Å². The monoisotopic (exact) mass is 195 g/mol. The second kappa shape index (κ2) is 5.11. The van der Waals surface area contributed by atoms with Crippen LogP contribution in [-0.4, -0.2) is 13.6 Å². The maximum absolute atomic E-state index is 13.3. The fraction of sp³-hybridized carbons (Fsp3) is 0.500. The second-order valence-corrected chi connectivity index (χ2v) is 3.86. The van der Waals surface area contributed by atoms with Gasteiger partial charge in [-0.25, -0.2) is 4.39 Å². The summed E-state index contributed by atoms with van der Waals surface area (Å²) in [5.41, 5.74) is 2.02. The molecule has 0 radical (unpaired) electrons. The van der Waals surface area contributed by atoms with Crippen LogP contribution in [0, 0.1) is 5.82 Å². The number of hydrogen-bond donors (Lipinski definition) is 1. The molecule has 0 aromatic heterocycles. The van der Waals surface area contributed by atoms with Crippen molar-refractivity contribution in [3.05, 3.63) is 35.1 Å². The molecule has 0 fully saturated rings. The van der Waals surface area contributed by atoms with E-state index in [0.717, 1.165) is 18.5 Å². The van der Waals surface area contributed by atoms with E-state index in [9.17, 15) is 4.39 Å². The molecule has 1 aromatic rings. The molecule has 14 heavy (non-hydrogen) atoms. The van der Waals surface area contributed by atoms with E-state index in [-0.39, 0.29) is 11.7 Å². The Kier molecular flexibility index (Phi) is 4.08. The average molecular weight is 195 g/mol. The molecule has 0 unspecified atom stereocenters. The molecule has 0 aliphatic heterocycles. The van der Waals surface area contributed by atoms with E-state index in [1.54, 1.807) is 6.07 Å². The van der Waals surface area contributed by atoms with Gasteiger partial charge in [0.1, 0.15) is 5.82 Å². The van der Waals surface area contributed by atoms with Crippen molar-refractivity contribution < 1.29 is 4.39 Å². The summed E-state index contributed by atoms with van der Waals surface area (Å²) in [6.45, 7) is 4.96. The van der Waals surface area contributed by atoms with E-state index in [4.69, 9.17) is 0 Å². The molecular weight excluding hydrogens is 177 g/mol. The molecule has 0 saturated carbocycles. The molecule has 2 heteroatoms. The average Bonchev–Trinajstić information content (AvgIpc) is 2.16. The molecule has 1 nitrogen and oxygen atoms in total. The second-order valence-electron chi connectivity index (χ2n) is 3.86. The topological polar surface area (TPSA) is 12.0 Å². The molecule has 1 aromatic carbocycles. The highest BCUT2D eigenvalue weighted by Crippen LogP contribution is 2.19. The fourth-order valence-electron chi connectivity index (χ4n) is 1.46. The van der Waals surface area contributed by atoms with Crippen LogP contribution in [-0.2, 0) is 6.42 Å². The zero-order chi connectivity index (χ0) is 10.6. The van der Waals surface area contributed by atoms with Gasteiger partial charge >= 0.3 is 0 Å². The number of benzene rings is 1. The van der Waals surface area contributed by atoms with Crippen molar-refractivity contribution in [2.45, 2.75) is 26.2 Å². The van der Waals surface area contributed by atoms with Crippen molar-refractivity contribution in [1.82, 2.24) is 5.32 Å². The number of halogens is 1. The molecule has 0 aliphatic rings. The maximum atomic E-state index is 13.3. The van der Waals surface area contributed by atoms with Gasteiger partial charge in [0.05, 0.1) is 0 Å². The third-order valence-corrected chi connectivity index (χ3v) is 2.35. The fourth-order valence-corrected chi connectivity index (χ4v) is 1.46. The van der Waals surface area contributed by atoms with E-state index >= 15 is 0 Å². The number of hydrogen-bond acceptors (Lipinski definition) is 1. The lowest BCUT2D eigenvalue weighted by Gasteiger charge is -2.09. The lowest BCUT2D eigenvalue weighted by Crippen LogP contribution is -2.10. The van der Waals surface area contributed by atoms with Crippen LogP contribution >= 0.6 is 0 Å². The number of rotatable bonds is 4. The highest BCUT2D eigenvalue weighted by molar-refractivity contribution is 5.27. The molecule has 1 rings (SSSR count). The van der Waals surface area contributed by atoms with E-state index in [1.807, 2.05) is 33.0 Å². The molecule has 0 spiro atoms. The molecular formula is C12H18FN.